The summed E-state index contributed by atoms with van der Waals surface area (Å²) in [7, 11) is -1.55. The molecule has 1 nitrogen and oxygen atoms in total. The van der Waals surface area contributed by atoms with Crippen LogP contribution < -0.4 is 0 Å². The normalized spacial score (nSPS) is 16.1. The molecule has 2 heteroatoms. The molecule has 0 amide bonds. The molecule has 0 radical (unpaired) electrons. The van der Waals surface area contributed by atoms with E-state index in [-0.39, 0.29) is 5.41 Å². The summed E-state index contributed by atoms with van der Waals surface area (Å²) in [5, 5.41) is 12.2. The molecule has 1 unspecified atom stereocenters. The molecule has 0 aromatic rings. The smallest absolute Gasteiger partial charge is 0.0870 e. The van der Waals surface area contributed by atoms with Crippen molar-refractivity contribution in [3.05, 3.63) is 23.4 Å². The third-order valence-electron chi connectivity index (χ3n) is 3.70. The van der Waals surface area contributed by atoms with E-state index in [0.29, 0.717) is 0 Å². The van der Waals surface area contributed by atoms with Crippen molar-refractivity contribution in [2.75, 3.05) is 0 Å². The Labute approximate surface area is 115 Å². The van der Waals surface area contributed by atoms with Gasteiger partial charge in [0, 0.05) is 0 Å². The SMILES string of the molecule is C=C(C(O)(CCC=C(C)C)C(C)(C)C)[Si](C)(C)C. The summed E-state index contributed by atoms with van der Waals surface area (Å²) in [5.41, 5.74) is 0.383. The van der Waals surface area contributed by atoms with Crippen LogP contribution in [0.2, 0.25) is 19.6 Å². The van der Waals surface area contributed by atoms with Crippen molar-refractivity contribution in [1.29, 1.82) is 0 Å². The average molecular weight is 269 g/mol. The van der Waals surface area contributed by atoms with Crippen LogP contribution in [0.4, 0.5) is 0 Å². The summed E-state index contributed by atoms with van der Waals surface area (Å²) in [6.07, 6.45) is 3.89. The second-order valence-corrected chi connectivity index (χ2v) is 12.8. The van der Waals surface area contributed by atoms with E-state index in [0.717, 1.165) is 18.0 Å². The highest BCUT2D eigenvalue weighted by Gasteiger charge is 2.45. The number of hydrogen-bond donors (Lipinski definition) is 1. The average Bonchev–Trinajstić information content (AvgIpc) is 2.12. The maximum atomic E-state index is 11.2. The van der Waals surface area contributed by atoms with Gasteiger partial charge in [-0.25, -0.2) is 0 Å². The summed E-state index contributed by atoms with van der Waals surface area (Å²) in [6, 6.07) is 0. The summed E-state index contributed by atoms with van der Waals surface area (Å²) < 4.78 is 0. The lowest BCUT2D eigenvalue weighted by Crippen LogP contribution is -2.50. The number of aliphatic hydroxyl groups is 1. The molecule has 0 bridgehead atoms. The minimum atomic E-state index is -1.55. The molecule has 0 fully saturated rings. The van der Waals surface area contributed by atoms with Crippen LogP contribution in [0.1, 0.15) is 47.5 Å². The fourth-order valence-electron chi connectivity index (χ4n) is 2.17. The van der Waals surface area contributed by atoms with Gasteiger partial charge in [0.1, 0.15) is 0 Å². The molecule has 0 aliphatic heterocycles. The third-order valence-corrected chi connectivity index (χ3v) is 5.93. The molecule has 106 valence electrons. The van der Waals surface area contributed by atoms with Crippen molar-refractivity contribution >= 4 is 8.07 Å². The van der Waals surface area contributed by atoms with Crippen LogP contribution in [-0.4, -0.2) is 18.8 Å². The van der Waals surface area contributed by atoms with E-state index in [2.05, 4.69) is 66.9 Å². The van der Waals surface area contributed by atoms with Crippen molar-refractivity contribution in [1.82, 2.24) is 0 Å². The first kappa shape index (κ1) is 17.7. The topological polar surface area (TPSA) is 20.2 Å². The van der Waals surface area contributed by atoms with E-state index >= 15 is 0 Å². The lowest BCUT2D eigenvalue weighted by Gasteiger charge is -2.46. The zero-order chi connectivity index (χ0) is 14.8. The van der Waals surface area contributed by atoms with Gasteiger partial charge in [0.15, 0.2) is 0 Å². The van der Waals surface area contributed by atoms with Gasteiger partial charge in [0.25, 0.3) is 0 Å². The number of rotatable bonds is 5. The van der Waals surface area contributed by atoms with Gasteiger partial charge in [-0.2, -0.15) is 0 Å². The van der Waals surface area contributed by atoms with Crippen LogP contribution in [0, 0.1) is 5.41 Å². The van der Waals surface area contributed by atoms with E-state index in [1.807, 2.05) is 0 Å². The van der Waals surface area contributed by atoms with Gasteiger partial charge in [-0.15, -0.1) is 6.58 Å². The fourth-order valence-corrected chi connectivity index (χ4v) is 3.91. The quantitative estimate of drug-likeness (QED) is 0.553. The Morgan fingerprint density at radius 1 is 1.17 bits per heavy atom. The van der Waals surface area contributed by atoms with E-state index < -0.39 is 13.7 Å². The highest BCUT2D eigenvalue weighted by atomic mass is 28.3. The Morgan fingerprint density at radius 2 is 1.61 bits per heavy atom. The zero-order valence-corrected chi connectivity index (χ0v) is 14.6. The van der Waals surface area contributed by atoms with Gasteiger partial charge in [-0.3, -0.25) is 0 Å². The Hall–Kier alpha value is -0.343. The van der Waals surface area contributed by atoms with Gasteiger partial charge in [0.2, 0.25) is 0 Å². The van der Waals surface area contributed by atoms with Gasteiger partial charge in [-0.1, -0.05) is 57.3 Å². The lowest BCUT2D eigenvalue weighted by molar-refractivity contribution is -0.0249. The van der Waals surface area contributed by atoms with Crippen molar-refractivity contribution in [2.45, 2.75) is 72.7 Å². The summed E-state index contributed by atoms with van der Waals surface area (Å²) in [5.74, 6) is 0. The van der Waals surface area contributed by atoms with Gasteiger partial charge in [0.05, 0.1) is 13.7 Å². The molecule has 0 rings (SSSR count). The molecule has 0 heterocycles. The molecule has 0 aliphatic rings. The zero-order valence-electron chi connectivity index (χ0n) is 13.6. The Kier molecular flexibility index (Phi) is 5.64. The van der Waals surface area contributed by atoms with Crippen LogP contribution in [0.3, 0.4) is 0 Å². The van der Waals surface area contributed by atoms with Crippen LogP contribution in [0.25, 0.3) is 0 Å². The molecule has 0 saturated carbocycles. The molecular formula is C16H32OSi. The Bertz CT molecular complexity index is 324. The van der Waals surface area contributed by atoms with Crippen LogP contribution in [0.15, 0.2) is 23.4 Å². The minimum absolute atomic E-state index is 0.167. The maximum absolute atomic E-state index is 11.2. The maximum Gasteiger partial charge on any atom is 0.0870 e. The van der Waals surface area contributed by atoms with Gasteiger partial charge in [-0.05, 0) is 32.1 Å². The molecule has 0 spiro atoms. The highest BCUT2D eigenvalue weighted by molar-refractivity contribution is 6.83. The Balaban J connectivity index is 5.22. The van der Waals surface area contributed by atoms with Crippen molar-refractivity contribution in [3.8, 4) is 0 Å². The number of allylic oxidation sites excluding steroid dienone is 2. The molecule has 0 aromatic carbocycles. The molecule has 0 saturated heterocycles. The summed E-state index contributed by atoms with van der Waals surface area (Å²) >= 11 is 0. The van der Waals surface area contributed by atoms with Crippen molar-refractivity contribution in [3.63, 3.8) is 0 Å². The van der Waals surface area contributed by atoms with E-state index in [1.165, 1.54) is 5.57 Å². The minimum Gasteiger partial charge on any atom is -0.385 e. The Morgan fingerprint density at radius 3 is 1.89 bits per heavy atom. The predicted octanol–water partition coefficient (Wildman–Crippen LogP) is 4.94. The van der Waals surface area contributed by atoms with Gasteiger partial charge < -0.3 is 5.11 Å². The molecular weight excluding hydrogens is 236 g/mol. The van der Waals surface area contributed by atoms with Crippen LogP contribution >= 0.6 is 0 Å². The van der Waals surface area contributed by atoms with Gasteiger partial charge >= 0.3 is 0 Å². The van der Waals surface area contributed by atoms with Crippen LogP contribution in [0.5, 0.6) is 0 Å². The predicted molar refractivity (Wildman–Crippen MR) is 85.6 cm³/mol. The van der Waals surface area contributed by atoms with E-state index in [4.69, 9.17) is 0 Å². The lowest BCUT2D eigenvalue weighted by atomic mass is 9.73. The van der Waals surface area contributed by atoms with E-state index in [1.54, 1.807) is 0 Å². The van der Waals surface area contributed by atoms with Crippen molar-refractivity contribution < 1.29 is 5.11 Å². The first-order valence-corrected chi connectivity index (χ1v) is 10.4. The number of hydrogen-bond acceptors (Lipinski definition) is 1. The monoisotopic (exact) mass is 268 g/mol. The fraction of sp³-hybridized carbons (Fsp3) is 0.750. The first-order chi connectivity index (χ1) is 7.82. The largest absolute Gasteiger partial charge is 0.385 e. The van der Waals surface area contributed by atoms with Crippen LogP contribution in [-0.2, 0) is 0 Å². The highest BCUT2D eigenvalue weighted by Crippen LogP contribution is 2.42. The summed E-state index contributed by atoms with van der Waals surface area (Å²) in [6.45, 7) is 21.6. The molecule has 1 N–H and O–H groups in total. The second-order valence-electron chi connectivity index (χ2n) is 7.66. The summed E-state index contributed by atoms with van der Waals surface area (Å²) in [4.78, 5) is 0. The molecule has 0 aromatic heterocycles. The third kappa shape index (κ3) is 4.40. The molecule has 1 atom stereocenters. The molecule has 18 heavy (non-hydrogen) atoms. The first-order valence-electron chi connectivity index (χ1n) is 6.88. The van der Waals surface area contributed by atoms with E-state index in [9.17, 15) is 5.11 Å². The molecule has 0 aliphatic carbocycles. The van der Waals surface area contributed by atoms with Crippen molar-refractivity contribution in [2.24, 2.45) is 5.41 Å². The standard InChI is InChI=1S/C16H32OSi/c1-13(2)11-10-12-16(17,15(4,5)6)14(3)18(7,8)9/h11,17H,3,10,12H2,1-2,4-9H3. The second kappa shape index (κ2) is 5.75.